The Bertz CT molecular complexity index is 333. The number of nitrogens with zero attached hydrogens (tertiary/aromatic N) is 1. The van der Waals surface area contributed by atoms with E-state index in [1.807, 2.05) is 0 Å². The van der Waals surface area contributed by atoms with E-state index in [2.05, 4.69) is 4.98 Å². The third-order valence-electron chi connectivity index (χ3n) is 1.89. The van der Waals surface area contributed by atoms with E-state index in [-0.39, 0.29) is 11.0 Å². The molecule has 0 aromatic carbocycles. The highest BCUT2D eigenvalue weighted by Crippen LogP contribution is 2.30. The Balaban J connectivity index is 3.35. The molecule has 0 spiro atoms. The van der Waals surface area contributed by atoms with Gasteiger partial charge in [0, 0.05) is 11.9 Å². The Labute approximate surface area is 75.4 Å². The maximum atomic E-state index is 12.3. The average molecular weight is 185 g/mol. The largest absolute Gasteiger partial charge is 0.418 e. The first-order chi connectivity index (χ1) is 5.84. The SMILES string of the molecule is [B]c1c(C)ncc(C(F)(F)F)c1C. The molecular formula is C8H7BF3N. The molecular weight excluding hydrogens is 178 g/mol. The summed E-state index contributed by atoms with van der Waals surface area (Å²) < 4.78 is 36.8. The number of aryl methyl sites for hydroxylation is 1. The van der Waals surface area contributed by atoms with Crippen LogP contribution in [0.15, 0.2) is 6.20 Å². The van der Waals surface area contributed by atoms with Crippen LogP contribution in [0.3, 0.4) is 0 Å². The first-order valence-electron chi connectivity index (χ1n) is 3.63. The highest BCUT2D eigenvalue weighted by Gasteiger charge is 2.33. The fourth-order valence-electron chi connectivity index (χ4n) is 1.03. The monoisotopic (exact) mass is 185 g/mol. The lowest BCUT2D eigenvalue weighted by Gasteiger charge is -2.12. The van der Waals surface area contributed by atoms with Gasteiger partial charge in [0.15, 0.2) is 0 Å². The number of alkyl halides is 3. The van der Waals surface area contributed by atoms with Crippen LogP contribution in [0.2, 0.25) is 0 Å². The molecule has 0 aliphatic heterocycles. The first-order valence-corrected chi connectivity index (χ1v) is 3.63. The highest BCUT2D eigenvalue weighted by molar-refractivity contribution is 6.34. The summed E-state index contributed by atoms with van der Waals surface area (Å²) in [6.45, 7) is 2.91. The van der Waals surface area contributed by atoms with Crippen LogP contribution in [0.5, 0.6) is 0 Å². The molecule has 0 N–H and O–H groups in total. The summed E-state index contributed by atoms with van der Waals surface area (Å²) in [5.41, 5.74) is -0.198. The predicted molar refractivity (Wildman–Crippen MR) is 44.1 cm³/mol. The number of halogens is 3. The van der Waals surface area contributed by atoms with E-state index >= 15 is 0 Å². The number of hydrogen-bond acceptors (Lipinski definition) is 1. The van der Waals surface area contributed by atoms with Gasteiger partial charge in [-0.1, -0.05) is 5.46 Å². The van der Waals surface area contributed by atoms with Crippen molar-refractivity contribution in [3.05, 3.63) is 23.0 Å². The Kier molecular flexibility index (Phi) is 2.37. The van der Waals surface area contributed by atoms with Crippen molar-refractivity contribution < 1.29 is 13.2 Å². The fraction of sp³-hybridized carbons (Fsp3) is 0.375. The molecule has 68 valence electrons. The fourth-order valence-corrected chi connectivity index (χ4v) is 1.03. The van der Waals surface area contributed by atoms with Crippen LogP contribution in [0.4, 0.5) is 13.2 Å². The molecule has 0 saturated carbocycles. The van der Waals surface area contributed by atoms with Crippen molar-refractivity contribution in [1.82, 2.24) is 4.98 Å². The molecule has 5 heteroatoms. The Morgan fingerprint density at radius 3 is 2.31 bits per heavy atom. The minimum Gasteiger partial charge on any atom is -0.262 e. The van der Waals surface area contributed by atoms with E-state index in [0.29, 0.717) is 5.69 Å². The molecule has 2 radical (unpaired) electrons. The molecule has 1 rings (SSSR count). The zero-order chi connectivity index (χ0) is 10.2. The molecule has 0 bridgehead atoms. The van der Waals surface area contributed by atoms with Crippen molar-refractivity contribution in [2.75, 3.05) is 0 Å². The van der Waals surface area contributed by atoms with Gasteiger partial charge in [-0.2, -0.15) is 13.2 Å². The van der Waals surface area contributed by atoms with Gasteiger partial charge in [-0.25, -0.2) is 0 Å². The van der Waals surface area contributed by atoms with Gasteiger partial charge < -0.3 is 0 Å². The molecule has 0 aliphatic rings. The topological polar surface area (TPSA) is 12.9 Å². The third kappa shape index (κ3) is 1.84. The van der Waals surface area contributed by atoms with Crippen molar-refractivity contribution in [2.24, 2.45) is 0 Å². The second-order valence-electron chi connectivity index (χ2n) is 2.79. The van der Waals surface area contributed by atoms with Gasteiger partial charge in [0.25, 0.3) is 0 Å². The van der Waals surface area contributed by atoms with Gasteiger partial charge in [-0.05, 0) is 19.4 Å². The lowest BCUT2D eigenvalue weighted by molar-refractivity contribution is -0.138. The van der Waals surface area contributed by atoms with Crippen LogP contribution in [0.25, 0.3) is 0 Å². The van der Waals surface area contributed by atoms with Crippen molar-refractivity contribution in [1.29, 1.82) is 0 Å². The molecule has 0 unspecified atom stereocenters. The van der Waals surface area contributed by atoms with Crippen molar-refractivity contribution in [2.45, 2.75) is 20.0 Å². The molecule has 0 atom stereocenters. The molecule has 13 heavy (non-hydrogen) atoms. The second kappa shape index (κ2) is 3.05. The van der Waals surface area contributed by atoms with Gasteiger partial charge in [0.2, 0.25) is 0 Å². The van der Waals surface area contributed by atoms with Crippen LogP contribution >= 0.6 is 0 Å². The molecule has 0 fully saturated rings. The zero-order valence-corrected chi connectivity index (χ0v) is 7.24. The predicted octanol–water partition coefficient (Wildman–Crippen LogP) is 1.51. The average Bonchev–Trinajstić information content (AvgIpc) is 1.98. The van der Waals surface area contributed by atoms with Crippen molar-refractivity contribution >= 4 is 13.3 Å². The van der Waals surface area contributed by atoms with Gasteiger partial charge >= 0.3 is 6.18 Å². The van der Waals surface area contributed by atoms with Gasteiger partial charge in [0.05, 0.1) is 5.56 Å². The van der Waals surface area contributed by atoms with Crippen LogP contribution in [0, 0.1) is 13.8 Å². The minimum atomic E-state index is -4.38. The smallest absolute Gasteiger partial charge is 0.262 e. The standard InChI is InChI=1S/C8H7BF3N/c1-4-6(8(10,11)12)3-13-5(2)7(4)9/h3H,1-2H3. The normalized spacial score (nSPS) is 11.8. The Morgan fingerprint density at radius 1 is 1.31 bits per heavy atom. The maximum Gasteiger partial charge on any atom is 0.418 e. The van der Waals surface area contributed by atoms with Crippen molar-refractivity contribution in [3.8, 4) is 0 Å². The number of hydrogen-bond donors (Lipinski definition) is 0. The summed E-state index contributed by atoms with van der Waals surface area (Å²) in [6, 6.07) is 0. The molecule has 1 aromatic rings. The summed E-state index contributed by atoms with van der Waals surface area (Å²) in [4.78, 5) is 3.56. The Morgan fingerprint density at radius 2 is 1.85 bits per heavy atom. The third-order valence-corrected chi connectivity index (χ3v) is 1.89. The lowest BCUT2D eigenvalue weighted by Crippen LogP contribution is -2.20. The maximum absolute atomic E-state index is 12.3. The van der Waals surface area contributed by atoms with E-state index in [0.717, 1.165) is 6.20 Å². The van der Waals surface area contributed by atoms with E-state index < -0.39 is 11.7 Å². The summed E-state index contributed by atoms with van der Waals surface area (Å²) in [5.74, 6) is 0. The minimum absolute atomic E-state index is 0.0417. The summed E-state index contributed by atoms with van der Waals surface area (Å²) in [6.07, 6.45) is -3.57. The van der Waals surface area contributed by atoms with Crippen molar-refractivity contribution in [3.63, 3.8) is 0 Å². The lowest BCUT2D eigenvalue weighted by atomic mass is 9.88. The molecule has 1 heterocycles. The van der Waals surface area contributed by atoms with E-state index in [1.54, 1.807) is 6.92 Å². The summed E-state index contributed by atoms with van der Waals surface area (Å²) >= 11 is 0. The molecule has 0 amide bonds. The Hall–Kier alpha value is -0.995. The highest BCUT2D eigenvalue weighted by atomic mass is 19.4. The molecule has 0 aliphatic carbocycles. The van der Waals surface area contributed by atoms with E-state index in [4.69, 9.17) is 7.85 Å². The van der Waals surface area contributed by atoms with Gasteiger partial charge in [-0.3, -0.25) is 4.98 Å². The summed E-state index contributed by atoms with van der Waals surface area (Å²) in [5, 5.41) is 0. The molecule has 0 saturated heterocycles. The number of aromatic nitrogens is 1. The van der Waals surface area contributed by atoms with E-state index in [1.165, 1.54) is 6.92 Å². The van der Waals surface area contributed by atoms with Crippen LogP contribution in [-0.4, -0.2) is 12.8 Å². The summed E-state index contributed by atoms with van der Waals surface area (Å²) in [7, 11) is 5.42. The van der Waals surface area contributed by atoms with Crippen LogP contribution in [0.1, 0.15) is 16.8 Å². The van der Waals surface area contributed by atoms with E-state index in [9.17, 15) is 13.2 Å². The van der Waals surface area contributed by atoms with Gasteiger partial charge in [-0.15, -0.1) is 0 Å². The zero-order valence-electron chi connectivity index (χ0n) is 7.24. The molecule has 1 aromatic heterocycles. The van der Waals surface area contributed by atoms with Crippen LogP contribution < -0.4 is 5.46 Å². The number of rotatable bonds is 0. The quantitative estimate of drug-likeness (QED) is 0.558. The van der Waals surface area contributed by atoms with Crippen LogP contribution in [-0.2, 0) is 6.18 Å². The van der Waals surface area contributed by atoms with Gasteiger partial charge in [0.1, 0.15) is 7.85 Å². The number of pyridine rings is 1. The second-order valence-corrected chi connectivity index (χ2v) is 2.79. The first kappa shape index (κ1) is 10.1. The molecule has 1 nitrogen and oxygen atoms in total.